The van der Waals surface area contributed by atoms with E-state index in [0.717, 1.165) is 5.56 Å². The van der Waals surface area contributed by atoms with Gasteiger partial charge in [0.05, 0.1) is 11.3 Å². The van der Waals surface area contributed by atoms with Crippen LogP contribution in [0, 0.1) is 0 Å². The highest BCUT2D eigenvalue weighted by Crippen LogP contribution is 2.22. The lowest BCUT2D eigenvalue weighted by atomic mass is 10.1. The van der Waals surface area contributed by atoms with Crippen molar-refractivity contribution in [1.29, 1.82) is 0 Å². The van der Waals surface area contributed by atoms with E-state index in [2.05, 4.69) is 10.6 Å². The molecule has 0 radical (unpaired) electrons. The molecule has 2 amide bonds. The SMILES string of the molecule is CC(C)(C)OC(=O)Nc1ccc(NC(=O)OCc2ccccc2)cc1C(=O)O. The lowest BCUT2D eigenvalue weighted by molar-refractivity contribution is 0.0636. The summed E-state index contributed by atoms with van der Waals surface area (Å²) in [6.45, 7) is 5.16. The maximum atomic E-state index is 11.9. The van der Waals surface area contributed by atoms with E-state index >= 15 is 0 Å². The summed E-state index contributed by atoms with van der Waals surface area (Å²) < 4.78 is 10.2. The van der Waals surface area contributed by atoms with E-state index in [-0.39, 0.29) is 23.5 Å². The van der Waals surface area contributed by atoms with Gasteiger partial charge in [0.25, 0.3) is 0 Å². The minimum atomic E-state index is -1.27. The van der Waals surface area contributed by atoms with Gasteiger partial charge in [-0.05, 0) is 44.5 Å². The number of carboxylic acid groups (broad SMARTS) is 1. The van der Waals surface area contributed by atoms with Crippen molar-refractivity contribution in [1.82, 2.24) is 0 Å². The van der Waals surface area contributed by atoms with Crippen molar-refractivity contribution in [3.05, 3.63) is 59.7 Å². The van der Waals surface area contributed by atoms with Crippen LogP contribution in [0.1, 0.15) is 36.7 Å². The predicted octanol–water partition coefficient (Wildman–Crippen LogP) is 4.48. The number of anilines is 2. The van der Waals surface area contributed by atoms with Gasteiger partial charge in [0.15, 0.2) is 0 Å². The highest BCUT2D eigenvalue weighted by Gasteiger charge is 2.19. The molecule has 0 aromatic heterocycles. The Kier molecular flexibility index (Phi) is 6.59. The van der Waals surface area contributed by atoms with Crippen molar-refractivity contribution in [3.63, 3.8) is 0 Å². The number of ether oxygens (including phenoxy) is 2. The summed E-state index contributed by atoms with van der Waals surface area (Å²) in [5.41, 5.74) is 0.153. The number of rotatable bonds is 5. The molecule has 8 nitrogen and oxygen atoms in total. The number of carbonyl (C=O) groups is 3. The van der Waals surface area contributed by atoms with Gasteiger partial charge in [-0.25, -0.2) is 14.4 Å². The van der Waals surface area contributed by atoms with Gasteiger partial charge in [0.1, 0.15) is 12.2 Å². The molecule has 2 aromatic carbocycles. The molecular weight excluding hydrogens is 364 g/mol. The van der Waals surface area contributed by atoms with E-state index in [9.17, 15) is 19.5 Å². The second kappa shape index (κ2) is 8.90. The largest absolute Gasteiger partial charge is 0.478 e. The molecule has 0 unspecified atom stereocenters. The van der Waals surface area contributed by atoms with Crippen LogP contribution < -0.4 is 10.6 Å². The predicted molar refractivity (Wildman–Crippen MR) is 104 cm³/mol. The van der Waals surface area contributed by atoms with Gasteiger partial charge in [-0.3, -0.25) is 10.6 Å². The third-order valence-electron chi connectivity index (χ3n) is 3.34. The van der Waals surface area contributed by atoms with Crippen molar-refractivity contribution in [2.45, 2.75) is 33.0 Å². The van der Waals surface area contributed by atoms with Crippen LogP contribution in [0.5, 0.6) is 0 Å². The summed E-state index contributed by atoms with van der Waals surface area (Å²) in [4.78, 5) is 35.3. The van der Waals surface area contributed by atoms with Crippen molar-refractivity contribution < 1.29 is 29.0 Å². The van der Waals surface area contributed by atoms with E-state index < -0.39 is 23.8 Å². The normalized spacial score (nSPS) is 10.7. The number of carbonyl (C=O) groups excluding carboxylic acids is 2. The van der Waals surface area contributed by atoms with Crippen LogP contribution in [-0.2, 0) is 16.1 Å². The summed E-state index contributed by atoms with van der Waals surface area (Å²) in [5, 5.41) is 14.2. The molecule has 0 fully saturated rings. The molecule has 0 bridgehead atoms. The summed E-state index contributed by atoms with van der Waals surface area (Å²) >= 11 is 0. The Morgan fingerprint density at radius 2 is 1.64 bits per heavy atom. The minimum Gasteiger partial charge on any atom is -0.478 e. The number of amides is 2. The zero-order chi connectivity index (χ0) is 20.7. The van der Waals surface area contributed by atoms with E-state index in [1.807, 2.05) is 30.3 Å². The number of aromatic carboxylic acids is 1. The van der Waals surface area contributed by atoms with Crippen molar-refractivity contribution in [2.24, 2.45) is 0 Å². The van der Waals surface area contributed by atoms with Crippen LogP contribution in [0.2, 0.25) is 0 Å². The molecule has 0 saturated carbocycles. The van der Waals surface area contributed by atoms with Gasteiger partial charge in [0, 0.05) is 5.69 Å². The van der Waals surface area contributed by atoms with Crippen LogP contribution in [0.25, 0.3) is 0 Å². The quantitative estimate of drug-likeness (QED) is 0.698. The maximum absolute atomic E-state index is 11.9. The molecule has 0 atom stereocenters. The minimum absolute atomic E-state index is 0.0463. The summed E-state index contributed by atoms with van der Waals surface area (Å²) in [5.74, 6) is -1.27. The highest BCUT2D eigenvalue weighted by atomic mass is 16.6. The molecule has 2 rings (SSSR count). The molecule has 0 heterocycles. The average Bonchev–Trinajstić information content (AvgIpc) is 2.60. The molecule has 0 aliphatic carbocycles. The first-order valence-corrected chi connectivity index (χ1v) is 8.49. The molecule has 0 saturated heterocycles. The van der Waals surface area contributed by atoms with E-state index in [1.54, 1.807) is 20.8 Å². The zero-order valence-electron chi connectivity index (χ0n) is 15.8. The highest BCUT2D eigenvalue weighted by molar-refractivity contribution is 6.00. The second-order valence-corrected chi connectivity index (χ2v) is 6.88. The Labute approximate surface area is 162 Å². The van der Waals surface area contributed by atoms with E-state index in [0.29, 0.717) is 0 Å². The van der Waals surface area contributed by atoms with Gasteiger partial charge in [-0.1, -0.05) is 30.3 Å². The zero-order valence-corrected chi connectivity index (χ0v) is 15.8. The smallest absolute Gasteiger partial charge is 0.412 e. The number of hydrogen-bond donors (Lipinski definition) is 3. The standard InChI is InChI=1S/C20H22N2O6/c1-20(2,3)28-19(26)22-16-10-9-14(11-15(16)17(23)24)21-18(25)27-12-13-7-5-4-6-8-13/h4-11H,12H2,1-3H3,(H,21,25)(H,22,26)(H,23,24). The third kappa shape index (κ3) is 6.64. The molecule has 28 heavy (non-hydrogen) atoms. The molecule has 0 aliphatic rings. The fourth-order valence-corrected chi connectivity index (χ4v) is 2.20. The van der Waals surface area contributed by atoms with Gasteiger partial charge in [0.2, 0.25) is 0 Å². The first kappa shape index (κ1) is 20.8. The Morgan fingerprint density at radius 1 is 0.964 bits per heavy atom. The lowest BCUT2D eigenvalue weighted by Crippen LogP contribution is -2.27. The van der Waals surface area contributed by atoms with E-state index in [4.69, 9.17) is 9.47 Å². The molecule has 8 heteroatoms. The van der Waals surface area contributed by atoms with Gasteiger partial charge in [-0.2, -0.15) is 0 Å². The van der Waals surface area contributed by atoms with Crippen molar-refractivity contribution >= 4 is 29.5 Å². The van der Waals surface area contributed by atoms with Gasteiger partial charge >= 0.3 is 18.2 Å². The topological polar surface area (TPSA) is 114 Å². The second-order valence-electron chi connectivity index (χ2n) is 6.88. The summed E-state index contributed by atoms with van der Waals surface area (Å²) in [6, 6.07) is 13.2. The Balaban J connectivity index is 2.04. The van der Waals surface area contributed by atoms with Crippen LogP contribution >= 0.6 is 0 Å². The monoisotopic (exact) mass is 386 g/mol. The average molecular weight is 386 g/mol. The molecule has 0 aliphatic heterocycles. The summed E-state index contributed by atoms with van der Waals surface area (Å²) in [7, 11) is 0. The van der Waals surface area contributed by atoms with Crippen LogP contribution in [0.15, 0.2) is 48.5 Å². The van der Waals surface area contributed by atoms with Crippen molar-refractivity contribution in [2.75, 3.05) is 10.6 Å². The van der Waals surface area contributed by atoms with Crippen molar-refractivity contribution in [3.8, 4) is 0 Å². The van der Waals surface area contributed by atoms with Crippen LogP contribution in [0.4, 0.5) is 21.0 Å². The number of benzene rings is 2. The lowest BCUT2D eigenvalue weighted by Gasteiger charge is -2.20. The van der Waals surface area contributed by atoms with Gasteiger partial charge < -0.3 is 14.6 Å². The third-order valence-corrected chi connectivity index (χ3v) is 3.34. The Morgan fingerprint density at radius 3 is 2.25 bits per heavy atom. The first-order chi connectivity index (χ1) is 13.1. The summed E-state index contributed by atoms with van der Waals surface area (Å²) in [6.07, 6.45) is -1.51. The maximum Gasteiger partial charge on any atom is 0.412 e. The Bertz CT molecular complexity index is 859. The van der Waals surface area contributed by atoms with Crippen LogP contribution in [0.3, 0.4) is 0 Å². The fraction of sp³-hybridized carbons (Fsp3) is 0.250. The van der Waals surface area contributed by atoms with E-state index in [1.165, 1.54) is 18.2 Å². The molecule has 3 N–H and O–H groups in total. The molecular formula is C20H22N2O6. The molecule has 0 spiro atoms. The molecule has 148 valence electrons. The number of nitrogens with one attached hydrogen (secondary N) is 2. The molecule has 2 aromatic rings. The number of hydrogen-bond acceptors (Lipinski definition) is 5. The Hall–Kier alpha value is -3.55. The fourth-order valence-electron chi connectivity index (χ4n) is 2.20. The number of carboxylic acids is 1. The van der Waals surface area contributed by atoms with Gasteiger partial charge in [-0.15, -0.1) is 0 Å². The first-order valence-electron chi connectivity index (χ1n) is 8.49. The van der Waals surface area contributed by atoms with Crippen LogP contribution in [-0.4, -0.2) is 28.9 Å².